The first kappa shape index (κ1) is 19.9. The average molecular weight is 429 g/mol. The first-order valence-electron chi connectivity index (χ1n) is 10.7. The number of hydrogen-bond acceptors (Lipinski definition) is 3. The molecule has 2 aliphatic rings. The van der Waals surface area contributed by atoms with Crippen molar-refractivity contribution in [3.05, 3.63) is 83.4 Å². The van der Waals surface area contributed by atoms with Gasteiger partial charge in [0.2, 0.25) is 5.91 Å². The third kappa shape index (κ3) is 4.10. The first-order chi connectivity index (χ1) is 15.2. The lowest BCUT2D eigenvalue weighted by Gasteiger charge is -2.15. The number of carbonyl (C=O) groups is 2. The van der Waals surface area contributed by atoms with Gasteiger partial charge in [-0.2, -0.15) is 0 Å². The van der Waals surface area contributed by atoms with E-state index in [1.54, 1.807) is 0 Å². The summed E-state index contributed by atoms with van der Waals surface area (Å²) >= 11 is 1.44. The van der Waals surface area contributed by atoms with E-state index in [9.17, 15) is 9.59 Å². The van der Waals surface area contributed by atoms with Crippen molar-refractivity contribution >= 4 is 29.3 Å². The van der Waals surface area contributed by atoms with Crippen LogP contribution in [0.4, 0.5) is 5.69 Å². The van der Waals surface area contributed by atoms with Gasteiger partial charge in [-0.25, -0.2) is 0 Å². The van der Waals surface area contributed by atoms with Crippen LogP contribution in [0.2, 0.25) is 0 Å². The summed E-state index contributed by atoms with van der Waals surface area (Å²) in [7, 11) is 0. The molecule has 4 nitrogen and oxygen atoms in total. The zero-order valence-corrected chi connectivity index (χ0v) is 18.1. The van der Waals surface area contributed by atoms with Crippen LogP contribution in [0.3, 0.4) is 0 Å². The molecule has 156 valence electrons. The van der Waals surface area contributed by atoms with Crippen LogP contribution < -0.4 is 5.32 Å². The average Bonchev–Trinajstić information content (AvgIpc) is 3.45. The fourth-order valence-electron chi connectivity index (χ4n) is 4.40. The largest absolute Gasteiger partial charge is 0.342 e. The Kier molecular flexibility index (Phi) is 5.51. The minimum absolute atomic E-state index is 0.146. The van der Waals surface area contributed by atoms with Crippen molar-refractivity contribution in [2.24, 2.45) is 0 Å². The number of carbonyl (C=O) groups excluding carboxylic acids is 2. The second kappa shape index (κ2) is 8.60. The number of thioether (sulfide) groups is 1. The number of likely N-dealkylation sites (tertiary alicyclic amines) is 1. The van der Waals surface area contributed by atoms with Crippen molar-refractivity contribution in [1.29, 1.82) is 0 Å². The van der Waals surface area contributed by atoms with Crippen molar-refractivity contribution in [2.45, 2.75) is 24.2 Å². The lowest BCUT2D eigenvalue weighted by molar-refractivity contribution is -0.127. The van der Waals surface area contributed by atoms with E-state index in [0.717, 1.165) is 42.9 Å². The molecule has 3 aromatic rings. The van der Waals surface area contributed by atoms with Gasteiger partial charge in [-0.1, -0.05) is 42.5 Å². The van der Waals surface area contributed by atoms with E-state index < -0.39 is 0 Å². The number of fused-ring (bicyclic) bond motifs is 3. The van der Waals surface area contributed by atoms with Crippen LogP contribution in [-0.4, -0.2) is 35.6 Å². The maximum atomic E-state index is 13.0. The number of benzene rings is 3. The molecule has 0 unspecified atom stereocenters. The highest BCUT2D eigenvalue weighted by Gasteiger charge is 2.21. The minimum atomic E-state index is -0.146. The monoisotopic (exact) mass is 428 g/mol. The molecule has 1 fully saturated rings. The van der Waals surface area contributed by atoms with Crippen molar-refractivity contribution in [1.82, 2.24) is 4.90 Å². The highest BCUT2D eigenvalue weighted by Crippen LogP contribution is 2.37. The lowest BCUT2D eigenvalue weighted by atomic mass is 10.1. The zero-order valence-electron chi connectivity index (χ0n) is 17.3. The van der Waals surface area contributed by atoms with Crippen LogP contribution in [0.1, 0.15) is 34.3 Å². The van der Waals surface area contributed by atoms with Gasteiger partial charge >= 0.3 is 0 Å². The van der Waals surface area contributed by atoms with E-state index in [0.29, 0.717) is 11.3 Å². The van der Waals surface area contributed by atoms with E-state index in [1.165, 1.54) is 34.0 Å². The van der Waals surface area contributed by atoms with E-state index >= 15 is 0 Å². The summed E-state index contributed by atoms with van der Waals surface area (Å²) in [4.78, 5) is 28.2. The molecule has 3 aromatic carbocycles. The lowest BCUT2D eigenvalue weighted by Crippen LogP contribution is -2.29. The molecule has 1 N–H and O–H groups in total. The Bertz CT molecular complexity index is 1150. The molecule has 31 heavy (non-hydrogen) atoms. The van der Waals surface area contributed by atoms with Gasteiger partial charge in [-0.05, 0) is 65.8 Å². The Morgan fingerprint density at radius 2 is 1.61 bits per heavy atom. The van der Waals surface area contributed by atoms with Crippen LogP contribution in [0.5, 0.6) is 0 Å². The maximum absolute atomic E-state index is 13.0. The summed E-state index contributed by atoms with van der Waals surface area (Å²) in [5, 5.41) is 3.05. The Hall–Kier alpha value is -3.05. The topological polar surface area (TPSA) is 49.4 Å². The van der Waals surface area contributed by atoms with Gasteiger partial charge in [0.15, 0.2) is 0 Å². The van der Waals surface area contributed by atoms with Crippen LogP contribution >= 0.6 is 11.8 Å². The van der Waals surface area contributed by atoms with Gasteiger partial charge < -0.3 is 10.2 Å². The highest BCUT2D eigenvalue weighted by molar-refractivity contribution is 8.00. The maximum Gasteiger partial charge on any atom is 0.256 e. The van der Waals surface area contributed by atoms with Crippen LogP contribution in [0.15, 0.2) is 71.6 Å². The number of hydrogen-bond donors (Lipinski definition) is 1. The molecular weight excluding hydrogens is 404 g/mol. The fraction of sp³-hybridized carbons (Fsp3) is 0.231. The molecule has 1 saturated heterocycles. The third-order valence-corrected chi connectivity index (χ3v) is 7.05. The van der Waals surface area contributed by atoms with Gasteiger partial charge in [-0.15, -0.1) is 11.8 Å². The number of nitrogens with one attached hydrogen (secondary N) is 1. The van der Waals surface area contributed by atoms with Gasteiger partial charge in [-0.3, -0.25) is 9.59 Å². The molecule has 1 aliphatic carbocycles. The molecule has 0 radical (unpaired) electrons. The molecular formula is C26H24N2O2S. The summed E-state index contributed by atoms with van der Waals surface area (Å²) in [5.74, 6) is 0.365. The molecule has 5 heteroatoms. The Morgan fingerprint density at radius 3 is 2.48 bits per heavy atom. The van der Waals surface area contributed by atoms with Crippen molar-refractivity contribution < 1.29 is 9.59 Å². The summed E-state index contributed by atoms with van der Waals surface area (Å²) in [6.07, 6.45) is 3.06. The first-order valence-corrected chi connectivity index (χ1v) is 11.7. The predicted molar refractivity (Wildman–Crippen MR) is 126 cm³/mol. The normalized spacial score (nSPS) is 14.3. The smallest absolute Gasteiger partial charge is 0.256 e. The van der Waals surface area contributed by atoms with E-state index in [-0.39, 0.29) is 11.8 Å². The second-order valence-electron chi connectivity index (χ2n) is 8.03. The third-order valence-electron chi connectivity index (χ3n) is 5.99. The van der Waals surface area contributed by atoms with Crippen molar-refractivity contribution in [2.75, 3.05) is 24.2 Å². The number of anilines is 1. The molecule has 1 aliphatic heterocycles. The highest BCUT2D eigenvalue weighted by atomic mass is 32.2. The van der Waals surface area contributed by atoms with Gasteiger partial charge in [0.1, 0.15) is 0 Å². The van der Waals surface area contributed by atoms with E-state index in [4.69, 9.17) is 0 Å². The molecule has 5 rings (SSSR count). The van der Waals surface area contributed by atoms with Crippen molar-refractivity contribution in [3.63, 3.8) is 0 Å². The molecule has 1 heterocycles. The molecule has 0 saturated carbocycles. The molecule has 0 atom stereocenters. The standard InChI is InChI=1S/C26H24N2O2S/c29-25(28-13-5-6-14-28)17-31-24-10-4-3-9-23(24)26(30)27-20-11-12-22-19(16-20)15-18-7-1-2-8-21(18)22/h1-4,7-12,16H,5-6,13-15,17H2,(H,27,30). The van der Waals surface area contributed by atoms with Crippen LogP contribution in [-0.2, 0) is 11.2 Å². The summed E-state index contributed by atoms with van der Waals surface area (Å²) in [5.41, 5.74) is 6.48. The number of nitrogens with zero attached hydrogens (tertiary/aromatic N) is 1. The number of amides is 2. The second-order valence-corrected chi connectivity index (χ2v) is 9.05. The quantitative estimate of drug-likeness (QED) is 0.443. The van der Waals surface area contributed by atoms with Gasteiger partial charge in [0, 0.05) is 23.7 Å². The predicted octanol–water partition coefficient (Wildman–Crippen LogP) is 5.22. The van der Waals surface area contributed by atoms with Gasteiger partial charge in [0.05, 0.1) is 11.3 Å². The minimum Gasteiger partial charge on any atom is -0.342 e. The van der Waals surface area contributed by atoms with Gasteiger partial charge in [0.25, 0.3) is 5.91 Å². The summed E-state index contributed by atoms with van der Waals surface area (Å²) in [6.45, 7) is 1.70. The SMILES string of the molecule is O=C(Nc1ccc2c(c1)Cc1ccccc1-2)c1ccccc1SCC(=O)N1CCCC1. The number of rotatable bonds is 5. The van der Waals surface area contributed by atoms with Crippen LogP contribution in [0.25, 0.3) is 11.1 Å². The molecule has 0 bridgehead atoms. The van der Waals surface area contributed by atoms with E-state index in [2.05, 4.69) is 41.7 Å². The molecule has 0 aromatic heterocycles. The van der Waals surface area contributed by atoms with E-state index in [1.807, 2.05) is 35.2 Å². The molecule has 2 amide bonds. The Labute approximate surface area is 186 Å². The Balaban J connectivity index is 1.29. The molecule has 0 spiro atoms. The summed E-state index contributed by atoms with van der Waals surface area (Å²) < 4.78 is 0. The summed E-state index contributed by atoms with van der Waals surface area (Å²) in [6, 6.07) is 22.1. The van der Waals surface area contributed by atoms with Crippen molar-refractivity contribution in [3.8, 4) is 11.1 Å². The Morgan fingerprint density at radius 1 is 0.871 bits per heavy atom. The van der Waals surface area contributed by atoms with Crippen LogP contribution in [0, 0.1) is 0 Å². The zero-order chi connectivity index (χ0) is 21.2. The fourth-order valence-corrected chi connectivity index (χ4v) is 5.35.